The van der Waals surface area contributed by atoms with Crippen LogP contribution in [-0.2, 0) is 9.59 Å². The molecule has 0 aromatic heterocycles. The maximum atomic E-state index is 12.3. The number of thiocarbonyl (C=S) groups is 1. The van der Waals surface area contributed by atoms with Crippen LogP contribution in [0.2, 0.25) is 0 Å². The summed E-state index contributed by atoms with van der Waals surface area (Å²) in [5.41, 5.74) is 5.09. The van der Waals surface area contributed by atoms with Crippen molar-refractivity contribution in [2.24, 2.45) is 11.1 Å². The predicted octanol–water partition coefficient (Wildman–Crippen LogP) is 0.962. The Labute approximate surface area is 125 Å². The Bertz CT molecular complexity index is 399. The van der Waals surface area contributed by atoms with E-state index in [4.69, 9.17) is 18.0 Å². The van der Waals surface area contributed by atoms with Gasteiger partial charge in [-0.2, -0.15) is 0 Å². The van der Waals surface area contributed by atoms with Crippen molar-refractivity contribution in [3.05, 3.63) is 0 Å². The van der Waals surface area contributed by atoms with Crippen molar-refractivity contribution in [3.63, 3.8) is 0 Å². The lowest BCUT2D eigenvalue weighted by atomic mass is 9.85. The molecular weight excluding hydrogens is 274 g/mol. The van der Waals surface area contributed by atoms with Gasteiger partial charge in [0.25, 0.3) is 0 Å². The highest BCUT2D eigenvalue weighted by molar-refractivity contribution is 7.80. The van der Waals surface area contributed by atoms with Gasteiger partial charge in [-0.3, -0.25) is 9.59 Å². The minimum Gasteiger partial charge on any atom is -0.392 e. The third kappa shape index (κ3) is 3.11. The van der Waals surface area contributed by atoms with Crippen molar-refractivity contribution in [2.45, 2.75) is 44.9 Å². The Morgan fingerprint density at radius 3 is 2.30 bits per heavy atom. The second-order valence-electron chi connectivity index (χ2n) is 5.75. The van der Waals surface area contributed by atoms with Crippen molar-refractivity contribution in [1.82, 2.24) is 10.2 Å². The molecule has 1 heterocycles. The molecule has 0 radical (unpaired) electrons. The maximum Gasteiger partial charge on any atom is 0.233 e. The van der Waals surface area contributed by atoms with Gasteiger partial charge in [-0.15, -0.1) is 0 Å². The number of carbonyl (C=O) groups is 2. The van der Waals surface area contributed by atoms with Crippen LogP contribution in [0.25, 0.3) is 0 Å². The average Bonchev–Trinajstić information content (AvgIpc) is 3.10. The molecule has 0 spiro atoms. The molecule has 5 nitrogen and oxygen atoms in total. The topological polar surface area (TPSA) is 75.4 Å². The van der Waals surface area contributed by atoms with E-state index in [2.05, 4.69) is 5.32 Å². The number of hydrogen-bond donors (Lipinski definition) is 2. The Morgan fingerprint density at radius 1 is 1.15 bits per heavy atom. The van der Waals surface area contributed by atoms with Crippen LogP contribution in [0.3, 0.4) is 0 Å². The van der Waals surface area contributed by atoms with Crippen LogP contribution in [-0.4, -0.2) is 41.3 Å². The molecule has 2 amide bonds. The molecule has 1 aliphatic carbocycles. The monoisotopic (exact) mass is 297 g/mol. The molecule has 0 bridgehead atoms. The normalized spacial score (nSPS) is 20.9. The standard InChI is InChI=1S/C14H23N3O2S/c15-12(20)14(6-1-2-7-14)13(19)16-8-5-11(18)17-9-3-4-10-17/h1-10H2,(H2,15,20)(H,16,19). The molecule has 2 aliphatic rings. The van der Waals surface area contributed by atoms with Gasteiger partial charge in [0, 0.05) is 26.1 Å². The number of amides is 2. The van der Waals surface area contributed by atoms with E-state index in [1.165, 1.54) is 0 Å². The molecule has 2 fully saturated rings. The SMILES string of the molecule is NC(=S)C1(C(=O)NCCC(=O)N2CCCC2)CCCC1. The number of hydrogen-bond acceptors (Lipinski definition) is 3. The molecule has 0 unspecified atom stereocenters. The number of rotatable bonds is 5. The zero-order valence-electron chi connectivity index (χ0n) is 11.8. The highest BCUT2D eigenvalue weighted by Gasteiger charge is 2.43. The molecule has 1 saturated heterocycles. The Balaban J connectivity index is 1.79. The van der Waals surface area contributed by atoms with Crippen LogP contribution in [0.4, 0.5) is 0 Å². The number of nitrogens with two attached hydrogens (primary N) is 1. The van der Waals surface area contributed by atoms with Crippen molar-refractivity contribution >= 4 is 29.0 Å². The first kappa shape index (κ1) is 15.2. The molecule has 112 valence electrons. The molecule has 0 aromatic carbocycles. The smallest absolute Gasteiger partial charge is 0.233 e. The third-order valence-corrected chi connectivity index (χ3v) is 4.84. The van der Waals surface area contributed by atoms with Gasteiger partial charge < -0.3 is 16.0 Å². The van der Waals surface area contributed by atoms with Crippen molar-refractivity contribution in [2.75, 3.05) is 19.6 Å². The van der Waals surface area contributed by atoms with Crippen molar-refractivity contribution in [1.29, 1.82) is 0 Å². The van der Waals surface area contributed by atoms with Crippen LogP contribution in [0, 0.1) is 5.41 Å². The lowest BCUT2D eigenvalue weighted by Gasteiger charge is -2.26. The number of carbonyl (C=O) groups excluding carboxylic acids is 2. The number of nitrogens with zero attached hydrogens (tertiary/aromatic N) is 1. The minimum absolute atomic E-state index is 0.100. The summed E-state index contributed by atoms with van der Waals surface area (Å²) >= 11 is 5.07. The Kier molecular flexibility index (Phi) is 4.96. The lowest BCUT2D eigenvalue weighted by Crippen LogP contribution is -2.47. The molecule has 1 aliphatic heterocycles. The molecule has 1 saturated carbocycles. The van der Waals surface area contributed by atoms with Crippen LogP contribution in [0.5, 0.6) is 0 Å². The van der Waals surface area contributed by atoms with Crippen LogP contribution >= 0.6 is 12.2 Å². The molecule has 0 atom stereocenters. The van der Waals surface area contributed by atoms with Gasteiger partial charge in [0.15, 0.2) is 0 Å². The fraction of sp³-hybridized carbons (Fsp3) is 0.786. The van der Waals surface area contributed by atoms with E-state index in [0.29, 0.717) is 18.0 Å². The zero-order valence-corrected chi connectivity index (χ0v) is 12.6. The first-order valence-corrected chi connectivity index (χ1v) is 7.83. The fourth-order valence-corrected chi connectivity index (χ4v) is 3.44. The van der Waals surface area contributed by atoms with Gasteiger partial charge in [0.2, 0.25) is 11.8 Å². The van der Waals surface area contributed by atoms with Crippen LogP contribution in [0.1, 0.15) is 44.9 Å². The zero-order chi connectivity index (χ0) is 14.6. The largest absolute Gasteiger partial charge is 0.392 e. The Hall–Kier alpha value is -1.17. The molecular formula is C14H23N3O2S. The summed E-state index contributed by atoms with van der Waals surface area (Å²) in [5.74, 6) is 0.0234. The number of likely N-dealkylation sites (tertiary alicyclic amines) is 1. The van der Waals surface area contributed by atoms with Crippen LogP contribution in [0.15, 0.2) is 0 Å². The summed E-state index contributed by atoms with van der Waals surface area (Å²) in [5, 5.41) is 2.85. The van der Waals surface area contributed by atoms with Crippen LogP contribution < -0.4 is 11.1 Å². The first-order chi connectivity index (χ1) is 9.56. The summed E-state index contributed by atoms with van der Waals surface area (Å²) in [4.78, 5) is 26.4. The van der Waals surface area contributed by atoms with E-state index < -0.39 is 5.41 Å². The quantitative estimate of drug-likeness (QED) is 0.741. The molecule has 3 N–H and O–H groups in total. The third-order valence-electron chi connectivity index (χ3n) is 4.45. The maximum absolute atomic E-state index is 12.3. The molecule has 6 heteroatoms. The van der Waals surface area contributed by atoms with Crippen molar-refractivity contribution in [3.8, 4) is 0 Å². The van der Waals surface area contributed by atoms with E-state index in [0.717, 1.165) is 51.6 Å². The minimum atomic E-state index is -0.675. The summed E-state index contributed by atoms with van der Waals surface area (Å²) in [6.07, 6.45) is 5.96. The van der Waals surface area contributed by atoms with Gasteiger partial charge in [0.05, 0.1) is 10.4 Å². The predicted molar refractivity (Wildman–Crippen MR) is 81.1 cm³/mol. The van der Waals surface area contributed by atoms with Gasteiger partial charge in [-0.25, -0.2) is 0 Å². The first-order valence-electron chi connectivity index (χ1n) is 7.42. The summed E-state index contributed by atoms with van der Waals surface area (Å²) < 4.78 is 0. The second-order valence-corrected chi connectivity index (χ2v) is 6.19. The highest BCUT2D eigenvalue weighted by Crippen LogP contribution is 2.38. The van der Waals surface area contributed by atoms with E-state index in [9.17, 15) is 9.59 Å². The second kappa shape index (κ2) is 6.52. The van der Waals surface area contributed by atoms with E-state index in [1.54, 1.807) is 0 Å². The van der Waals surface area contributed by atoms with E-state index in [-0.39, 0.29) is 11.8 Å². The summed E-state index contributed by atoms with van der Waals surface area (Å²) in [6.45, 7) is 2.08. The highest BCUT2D eigenvalue weighted by atomic mass is 32.1. The molecule has 20 heavy (non-hydrogen) atoms. The number of nitrogens with one attached hydrogen (secondary N) is 1. The lowest BCUT2D eigenvalue weighted by molar-refractivity contribution is -0.130. The molecule has 2 rings (SSSR count). The average molecular weight is 297 g/mol. The van der Waals surface area contributed by atoms with Gasteiger partial charge in [-0.1, -0.05) is 25.1 Å². The van der Waals surface area contributed by atoms with E-state index >= 15 is 0 Å². The van der Waals surface area contributed by atoms with Gasteiger partial charge in [0.1, 0.15) is 0 Å². The fourth-order valence-electron chi connectivity index (χ4n) is 3.14. The summed E-state index contributed by atoms with van der Waals surface area (Å²) in [7, 11) is 0. The van der Waals surface area contributed by atoms with Crippen molar-refractivity contribution < 1.29 is 9.59 Å². The Morgan fingerprint density at radius 2 is 1.75 bits per heavy atom. The van der Waals surface area contributed by atoms with Gasteiger partial charge in [-0.05, 0) is 25.7 Å². The molecule has 0 aromatic rings. The van der Waals surface area contributed by atoms with E-state index in [1.807, 2.05) is 4.90 Å². The van der Waals surface area contributed by atoms with Gasteiger partial charge >= 0.3 is 0 Å². The summed E-state index contributed by atoms with van der Waals surface area (Å²) in [6, 6.07) is 0.